The highest BCUT2D eigenvalue weighted by Gasteiger charge is 2.18. The molecule has 0 aliphatic rings. The van der Waals surface area contributed by atoms with Gasteiger partial charge in [-0.3, -0.25) is 0 Å². The lowest BCUT2D eigenvalue weighted by molar-refractivity contribution is 0.482. The minimum absolute atomic E-state index is 0.166. The zero-order chi connectivity index (χ0) is 19.1. The fraction of sp³-hybridized carbons (Fsp3) is 0.0476. The second kappa shape index (κ2) is 6.63. The first-order valence-corrected chi connectivity index (χ1v) is 8.87. The summed E-state index contributed by atoms with van der Waals surface area (Å²) in [4.78, 5) is 24.8. The van der Waals surface area contributed by atoms with Crippen molar-refractivity contribution in [3.8, 4) is 22.5 Å². The van der Waals surface area contributed by atoms with E-state index < -0.39 is 11.3 Å². The number of halogens is 2. The highest BCUT2D eigenvalue weighted by Crippen LogP contribution is 2.32. The molecule has 0 saturated heterocycles. The standard InChI is InChI=1S/C21H12BrFO4/c1-11-18(13-4-8-15(23)9-5-13)16-10-17(12-2-6-14(22)7-3-12)27-21(25)19(16)20(24)26-11/h2-10H,1H3. The van der Waals surface area contributed by atoms with Crippen LogP contribution >= 0.6 is 15.9 Å². The van der Waals surface area contributed by atoms with Crippen LogP contribution in [-0.4, -0.2) is 0 Å². The van der Waals surface area contributed by atoms with Crippen molar-refractivity contribution in [2.45, 2.75) is 6.92 Å². The SMILES string of the molecule is Cc1oc(=O)c2c(=O)oc(-c3ccc(Br)cc3)cc2c1-c1ccc(F)cc1. The Balaban J connectivity index is 2.08. The Kier molecular flexibility index (Phi) is 4.28. The van der Waals surface area contributed by atoms with Gasteiger partial charge in [0.05, 0.1) is 0 Å². The van der Waals surface area contributed by atoms with E-state index in [1.54, 1.807) is 37.3 Å². The van der Waals surface area contributed by atoms with Crippen molar-refractivity contribution in [1.29, 1.82) is 0 Å². The van der Waals surface area contributed by atoms with Gasteiger partial charge in [-0.05, 0) is 42.8 Å². The molecule has 0 bridgehead atoms. The summed E-state index contributed by atoms with van der Waals surface area (Å²) in [6.45, 7) is 1.63. The van der Waals surface area contributed by atoms with Gasteiger partial charge in [-0.15, -0.1) is 0 Å². The van der Waals surface area contributed by atoms with Crippen LogP contribution in [-0.2, 0) is 0 Å². The van der Waals surface area contributed by atoms with E-state index in [0.29, 0.717) is 33.6 Å². The van der Waals surface area contributed by atoms with E-state index >= 15 is 0 Å². The van der Waals surface area contributed by atoms with Crippen LogP contribution in [0.25, 0.3) is 33.2 Å². The number of aryl methyl sites for hydroxylation is 1. The topological polar surface area (TPSA) is 60.4 Å². The van der Waals surface area contributed by atoms with Gasteiger partial charge in [0.1, 0.15) is 17.3 Å². The molecule has 6 heteroatoms. The predicted molar refractivity (Wildman–Crippen MR) is 104 cm³/mol. The van der Waals surface area contributed by atoms with E-state index in [-0.39, 0.29) is 11.2 Å². The zero-order valence-corrected chi connectivity index (χ0v) is 15.7. The molecule has 0 aliphatic carbocycles. The van der Waals surface area contributed by atoms with Gasteiger partial charge in [0, 0.05) is 21.0 Å². The Labute approximate surface area is 161 Å². The maximum absolute atomic E-state index is 13.3. The largest absolute Gasteiger partial charge is 0.427 e. The Bertz CT molecular complexity index is 1270. The Hall–Kier alpha value is -2.99. The summed E-state index contributed by atoms with van der Waals surface area (Å²) < 4.78 is 24.8. The van der Waals surface area contributed by atoms with Crippen LogP contribution in [0.3, 0.4) is 0 Å². The summed E-state index contributed by atoms with van der Waals surface area (Å²) in [5.74, 6) is 0.285. The van der Waals surface area contributed by atoms with Crippen LogP contribution in [0.2, 0.25) is 0 Å². The van der Waals surface area contributed by atoms with Crippen LogP contribution in [0, 0.1) is 12.7 Å². The van der Waals surface area contributed by atoms with Crippen LogP contribution in [0.15, 0.2) is 77.5 Å². The molecule has 4 rings (SSSR count). The second-order valence-electron chi connectivity index (χ2n) is 6.02. The fourth-order valence-corrected chi connectivity index (χ4v) is 3.31. The molecule has 0 spiro atoms. The van der Waals surface area contributed by atoms with E-state index in [9.17, 15) is 14.0 Å². The molecule has 0 aliphatic heterocycles. The monoisotopic (exact) mass is 426 g/mol. The third-order valence-corrected chi connectivity index (χ3v) is 4.81. The minimum atomic E-state index is -0.775. The van der Waals surface area contributed by atoms with Gasteiger partial charge in [-0.2, -0.15) is 0 Å². The molecule has 4 aromatic rings. The first-order chi connectivity index (χ1) is 12.9. The van der Waals surface area contributed by atoms with E-state index in [1.165, 1.54) is 12.1 Å². The molecule has 2 heterocycles. The highest BCUT2D eigenvalue weighted by molar-refractivity contribution is 9.10. The predicted octanol–water partition coefficient (Wildman–Crippen LogP) is 5.29. The maximum atomic E-state index is 13.3. The molecular weight excluding hydrogens is 415 g/mol. The average molecular weight is 427 g/mol. The summed E-state index contributed by atoms with van der Waals surface area (Å²) in [5.41, 5.74) is 0.339. The van der Waals surface area contributed by atoms with Crippen molar-refractivity contribution in [2.75, 3.05) is 0 Å². The maximum Gasteiger partial charge on any atom is 0.351 e. The lowest BCUT2D eigenvalue weighted by Gasteiger charge is -2.10. The number of rotatable bonds is 2. The van der Waals surface area contributed by atoms with Gasteiger partial charge < -0.3 is 8.83 Å². The van der Waals surface area contributed by atoms with Crippen molar-refractivity contribution in [3.63, 3.8) is 0 Å². The number of hydrogen-bond acceptors (Lipinski definition) is 4. The second-order valence-corrected chi connectivity index (χ2v) is 6.94. The lowest BCUT2D eigenvalue weighted by atomic mass is 9.98. The quantitative estimate of drug-likeness (QED) is 0.436. The molecule has 2 aromatic heterocycles. The highest BCUT2D eigenvalue weighted by atomic mass is 79.9. The first kappa shape index (κ1) is 17.4. The third kappa shape index (κ3) is 3.13. The summed E-state index contributed by atoms with van der Waals surface area (Å²) in [6, 6.07) is 14.7. The van der Waals surface area contributed by atoms with Crippen LogP contribution in [0.5, 0.6) is 0 Å². The van der Waals surface area contributed by atoms with Gasteiger partial charge in [0.25, 0.3) is 0 Å². The van der Waals surface area contributed by atoms with Gasteiger partial charge >= 0.3 is 11.3 Å². The van der Waals surface area contributed by atoms with Crippen LogP contribution in [0.4, 0.5) is 4.39 Å². The molecule has 0 fully saturated rings. The summed E-state index contributed by atoms with van der Waals surface area (Å²) >= 11 is 3.36. The molecule has 134 valence electrons. The third-order valence-electron chi connectivity index (χ3n) is 4.28. The number of fused-ring (bicyclic) bond motifs is 1. The number of benzene rings is 2. The Morgan fingerprint density at radius 2 is 1.44 bits per heavy atom. The minimum Gasteiger partial charge on any atom is -0.427 e. The van der Waals surface area contributed by atoms with Gasteiger partial charge in [0.2, 0.25) is 0 Å². The molecule has 27 heavy (non-hydrogen) atoms. The summed E-state index contributed by atoms with van der Waals surface area (Å²) in [5, 5.41) is 0.241. The molecule has 0 amide bonds. The van der Waals surface area contributed by atoms with E-state index in [1.807, 2.05) is 12.1 Å². The Morgan fingerprint density at radius 3 is 2.11 bits per heavy atom. The lowest BCUT2D eigenvalue weighted by Crippen LogP contribution is -2.13. The molecule has 2 aromatic carbocycles. The van der Waals surface area contributed by atoms with Gasteiger partial charge in [-0.1, -0.05) is 40.2 Å². The van der Waals surface area contributed by atoms with Crippen LogP contribution in [0.1, 0.15) is 5.76 Å². The van der Waals surface area contributed by atoms with Crippen molar-refractivity contribution in [2.24, 2.45) is 0 Å². The summed E-state index contributed by atoms with van der Waals surface area (Å²) in [7, 11) is 0. The molecule has 4 nitrogen and oxygen atoms in total. The van der Waals surface area contributed by atoms with Crippen molar-refractivity contribution in [1.82, 2.24) is 0 Å². The zero-order valence-electron chi connectivity index (χ0n) is 14.1. The van der Waals surface area contributed by atoms with Crippen molar-refractivity contribution < 1.29 is 13.2 Å². The average Bonchev–Trinajstić information content (AvgIpc) is 2.63. The molecule has 0 radical (unpaired) electrons. The molecule has 0 N–H and O–H groups in total. The fourth-order valence-electron chi connectivity index (χ4n) is 3.05. The van der Waals surface area contributed by atoms with E-state index in [4.69, 9.17) is 8.83 Å². The van der Waals surface area contributed by atoms with E-state index in [0.717, 1.165) is 4.47 Å². The summed E-state index contributed by atoms with van der Waals surface area (Å²) in [6.07, 6.45) is 0. The molecule has 0 saturated carbocycles. The molecule has 0 atom stereocenters. The number of hydrogen-bond donors (Lipinski definition) is 0. The van der Waals surface area contributed by atoms with Crippen molar-refractivity contribution in [3.05, 3.63) is 91.5 Å². The van der Waals surface area contributed by atoms with E-state index in [2.05, 4.69) is 15.9 Å². The van der Waals surface area contributed by atoms with Crippen molar-refractivity contribution >= 4 is 26.7 Å². The molecular formula is C21H12BrFO4. The van der Waals surface area contributed by atoms with Crippen LogP contribution < -0.4 is 11.3 Å². The first-order valence-electron chi connectivity index (χ1n) is 8.07. The smallest absolute Gasteiger partial charge is 0.351 e. The normalized spacial score (nSPS) is 11.1. The van der Waals surface area contributed by atoms with Gasteiger partial charge in [0.15, 0.2) is 5.39 Å². The Morgan fingerprint density at radius 1 is 0.852 bits per heavy atom. The molecule has 0 unspecified atom stereocenters. The van der Waals surface area contributed by atoms with Gasteiger partial charge in [-0.25, -0.2) is 14.0 Å².